The summed E-state index contributed by atoms with van der Waals surface area (Å²) in [7, 11) is 0. The lowest BCUT2D eigenvalue weighted by Crippen LogP contribution is -2.34. The molecule has 1 aliphatic rings. The average molecular weight is 437 g/mol. The van der Waals surface area contributed by atoms with Gasteiger partial charge in [-0.2, -0.15) is 0 Å². The van der Waals surface area contributed by atoms with E-state index in [4.69, 9.17) is 44.3 Å². The van der Waals surface area contributed by atoms with E-state index < -0.39 is 30.5 Å². The van der Waals surface area contributed by atoms with Gasteiger partial charge in [-0.3, -0.25) is 9.59 Å². The molecule has 1 fully saturated rings. The Morgan fingerprint density at radius 1 is 1.15 bits per heavy atom. The second kappa shape index (κ2) is 7.58. The van der Waals surface area contributed by atoms with Crippen molar-refractivity contribution in [2.45, 2.75) is 38.4 Å². The van der Waals surface area contributed by atoms with Crippen molar-refractivity contribution in [3.8, 4) is 0 Å². The zero-order valence-corrected chi connectivity index (χ0v) is 16.5. The van der Waals surface area contributed by atoms with E-state index in [1.54, 1.807) is 0 Å². The molecule has 0 spiro atoms. The molecular formula is C17H16Cl3NO6. The van der Waals surface area contributed by atoms with Crippen molar-refractivity contribution < 1.29 is 29.3 Å². The fourth-order valence-corrected chi connectivity index (χ4v) is 3.88. The number of aliphatic hydroxyl groups is 2. The number of esters is 1. The number of benzene rings is 1. The molecule has 146 valence electrons. The Bertz CT molecular complexity index is 927. The smallest absolute Gasteiger partial charge is 0.302 e. The van der Waals surface area contributed by atoms with E-state index in [0.717, 1.165) is 0 Å². The first-order valence-corrected chi connectivity index (χ1v) is 9.11. The maximum atomic E-state index is 12.1. The van der Waals surface area contributed by atoms with Gasteiger partial charge in [-0.1, -0.05) is 34.8 Å². The molecule has 27 heavy (non-hydrogen) atoms. The molecule has 10 heteroatoms. The van der Waals surface area contributed by atoms with E-state index in [1.165, 1.54) is 30.5 Å². The molecule has 3 rings (SSSR count). The summed E-state index contributed by atoms with van der Waals surface area (Å²) in [6.45, 7) is 2.32. The number of hydrogen-bond acceptors (Lipinski definition) is 6. The van der Waals surface area contributed by atoms with Crippen molar-refractivity contribution >= 4 is 57.5 Å². The van der Waals surface area contributed by atoms with Gasteiger partial charge in [0.15, 0.2) is 12.0 Å². The number of halogens is 3. The third kappa shape index (κ3) is 3.55. The fourth-order valence-electron chi connectivity index (χ4n) is 3.14. The van der Waals surface area contributed by atoms with Crippen LogP contribution >= 0.6 is 34.8 Å². The Labute approximate surface area is 169 Å². The van der Waals surface area contributed by atoms with Crippen LogP contribution in [0.25, 0.3) is 10.9 Å². The molecule has 2 N–H and O–H groups in total. The lowest BCUT2D eigenvalue weighted by Gasteiger charge is -2.19. The summed E-state index contributed by atoms with van der Waals surface area (Å²) in [6.07, 6.45) is -4.80. The number of aliphatic hydroxyl groups excluding tert-OH is 2. The van der Waals surface area contributed by atoms with Crippen LogP contribution in [0.3, 0.4) is 0 Å². The number of fused-ring (bicyclic) bond motifs is 1. The van der Waals surface area contributed by atoms with Crippen LogP contribution in [0.2, 0.25) is 15.2 Å². The molecule has 0 amide bonds. The van der Waals surface area contributed by atoms with Gasteiger partial charge < -0.3 is 24.3 Å². The Morgan fingerprint density at radius 2 is 1.78 bits per heavy atom. The van der Waals surface area contributed by atoms with Gasteiger partial charge in [0.2, 0.25) is 0 Å². The summed E-state index contributed by atoms with van der Waals surface area (Å²) in [6, 6.07) is 3.01. The number of ether oxygens (including phenoxy) is 2. The zero-order valence-electron chi connectivity index (χ0n) is 14.3. The van der Waals surface area contributed by atoms with Crippen LogP contribution < -0.4 is 0 Å². The van der Waals surface area contributed by atoms with Crippen molar-refractivity contribution in [3.05, 3.63) is 32.9 Å². The summed E-state index contributed by atoms with van der Waals surface area (Å²) in [5.41, 5.74) is 0.600. The molecule has 1 aliphatic heterocycles. The van der Waals surface area contributed by atoms with Crippen LogP contribution in [0.5, 0.6) is 0 Å². The summed E-state index contributed by atoms with van der Waals surface area (Å²) < 4.78 is 11.9. The molecule has 0 unspecified atom stereocenters. The molecule has 0 saturated carbocycles. The molecule has 2 heterocycles. The van der Waals surface area contributed by atoms with Gasteiger partial charge in [0.1, 0.15) is 30.1 Å². The molecule has 4 atom stereocenters. The molecule has 1 saturated heterocycles. The van der Waals surface area contributed by atoms with E-state index >= 15 is 0 Å². The van der Waals surface area contributed by atoms with Gasteiger partial charge in [0.05, 0.1) is 21.1 Å². The van der Waals surface area contributed by atoms with Gasteiger partial charge in [-0.15, -0.1) is 0 Å². The van der Waals surface area contributed by atoms with Gasteiger partial charge in [0, 0.05) is 12.3 Å². The molecule has 1 aromatic heterocycles. The highest BCUT2D eigenvalue weighted by Crippen LogP contribution is 2.41. The highest BCUT2D eigenvalue weighted by Gasteiger charge is 2.45. The largest absolute Gasteiger partial charge is 0.463 e. The molecule has 0 bridgehead atoms. The third-order valence-corrected chi connectivity index (χ3v) is 5.47. The maximum Gasteiger partial charge on any atom is 0.302 e. The SMILES string of the molecule is CC(=O)OC[C@H]1O[C@@H](n2c(Cl)c(C(C)=O)c3cc(Cl)c(Cl)cc32)[C@H](O)[C@@H]1O. The van der Waals surface area contributed by atoms with E-state index in [0.29, 0.717) is 10.9 Å². The van der Waals surface area contributed by atoms with Crippen LogP contribution in [0.1, 0.15) is 30.4 Å². The molecular weight excluding hydrogens is 421 g/mol. The van der Waals surface area contributed by atoms with E-state index in [1.807, 2.05) is 0 Å². The molecule has 0 radical (unpaired) electrons. The Morgan fingerprint density at radius 3 is 2.37 bits per heavy atom. The fraction of sp³-hybridized carbons (Fsp3) is 0.412. The van der Waals surface area contributed by atoms with E-state index in [-0.39, 0.29) is 33.2 Å². The number of hydrogen-bond donors (Lipinski definition) is 2. The van der Waals surface area contributed by atoms with Gasteiger partial charge in [-0.25, -0.2) is 0 Å². The lowest BCUT2D eigenvalue weighted by atomic mass is 10.1. The van der Waals surface area contributed by atoms with Gasteiger partial charge >= 0.3 is 5.97 Å². The normalized spacial score (nSPS) is 25.1. The number of carbonyl (C=O) groups excluding carboxylic acids is 2. The minimum atomic E-state index is -1.38. The second-order valence-corrected chi connectivity index (χ2v) is 7.40. The van der Waals surface area contributed by atoms with E-state index in [9.17, 15) is 19.8 Å². The van der Waals surface area contributed by atoms with Gasteiger partial charge in [-0.05, 0) is 19.1 Å². The molecule has 1 aromatic carbocycles. The first kappa shape index (κ1) is 20.4. The van der Waals surface area contributed by atoms with Crippen LogP contribution in [-0.4, -0.2) is 51.5 Å². The minimum absolute atomic E-state index is 0.0141. The summed E-state index contributed by atoms with van der Waals surface area (Å²) >= 11 is 18.6. The Balaban J connectivity index is 2.11. The predicted octanol–water partition coefficient (Wildman–Crippen LogP) is 2.99. The molecule has 2 aromatic rings. The highest BCUT2D eigenvalue weighted by atomic mass is 35.5. The Hall–Kier alpha value is -1.35. The van der Waals surface area contributed by atoms with Crippen molar-refractivity contribution in [1.82, 2.24) is 4.57 Å². The molecule has 0 aliphatic carbocycles. The monoisotopic (exact) mass is 435 g/mol. The topological polar surface area (TPSA) is 98.0 Å². The summed E-state index contributed by atoms with van der Waals surface area (Å²) in [5.74, 6) is -0.861. The average Bonchev–Trinajstić information content (AvgIpc) is 3.00. The number of carbonyl (C=O) groups is 2. The number of rotatable bonds is 4. The van der Waals surface area contributed by atoms with Gasteiger partial charge in [0.25, 0.3) is 0 Å². The predicted molar refractivity (Wildman–Crippen MR) is 99.5 cm³/mol. The Kier molecular flexibility index (Phi) is 5.72. The first-order valence-electron chi connectivity index (χ1n) is 7.97. The maximum absolute atomic E-state index is 12.1. The van der Waals surface area contributed by atoms with Crippen molar-refractivity contribution in [2.75, 3.05) is 6.61 Å². The molecule has 7 nitrogen and oxygen atoms in total. The minimum Gasteiger partial charge on any atom is -0.463 e. The summed E-state index contributed by atoms with van der Waals surface area (Å²) in [4.78, 5) is 23.1. The third-order valence-electron chi connectivity index (χ3n) is 4.38. The zero-order chi connectivity index (χ0) is 20.0. The summed E-state index contributed by atoms with van der Waals surface area (Å²) in [5, 5.41) is 21.6. The van der Waals surface area contributed by atoms with E-state index in [2.05, 4.69) is 0 Å². The van der Waals surface area contributed by atoms with Crippen molar-refractivity contribution in [3.63, 3.8) is 0 Å². The van der Waals surface area contributed by atoms with Crippen LogP contribution in [-0.2, 0) is 14.3 Å². The van der Waals surface area contributed by atoms with Crippen LogP contribution in [0.4, 0.5) is 0 Å². The lowest BCUT2D eigenvalue weighted by molar-refractivity contribution is -0.147. The van der Waals surface area contributed by atoms with Crippen LogP contribution in [0.15, 0.2) is 12.1 Å². The number of Topliss-reactive ketones (excluding diaryl/α,β-unsaturated/α-hetero) is 1. The number of nitrogens with zero attached hydrogens (tertiary/aromatic N) is 1. The quantitative estimate of drug-likeness (QED) is 0.565. The van der Waals surface area contributed by atoms with Crippen molar-refractivity contribution in [2.24, 2.45) is 0 Å². The number of aromatic nitrogens is 1. The standard InChI is InChI=1S/C17H16Cl3NO6/c1-6(22)13-8-3-9(18)10(19)4-11(8)21(16(13)20)17-15(25)14(24)12(27-17)5-26-7(2)23/h3-4,12,14-15,17,24-25H,5H2,1-2H3/t12-,14-,15-,17-/m1/s1. The second-order valence-electron chi connectivity index (χ2n) is 6.22. The number of ketones is 1. The first-order chi connectivity index (χ1) is 12.6. The van der Waals surface area contributed by atoms with Crippen molar-refractivity contribution in [1.29, 1.82) is 0 Å². The highest BCUT2D eigenvalue weighted by molar-refractivity contribution is 6.43. The van der Waals surface area contributed by atoms with Crippen LogP contribution in [0, 0.1) is 0 Å².